The van der Waals surface area contributed by atoms with Crippen molar-refractivity contribution >= 4 is 35.5 Å². The fraction of sp³-hybridized carbons (Fsp3) is 0.0833. The Morgan fingerprint density at radius 1 is 0.968 bits per heavy atom. The number of hydrogen-bond acceptors (Lipinski definition) is 6. The number of rotatable bonds is 7. The van der Waals surface area contributed by atoms with Crippen LogP contribution >= 0.6 is 11.6 Å². The van der Waals surface area contributed by atoms with Crippen molar-refractivity contribution < 1.29 is 24.1 Å². The molecule has 0 aliphatic heterocycles. The van der Waals surface area contributed by atoms with Crippen LogP contribution in [0.5, 0.6) is 23.0 Å². The van der Waals surface area contributed by atoms with Crippen LogP contribution in [-0.2, 0) is 4.79 Å². The second-order valence-corrected chi connectivity index (χ2v) is 6.74. The molecular formula is C24H20ClNO5. The molecule has 6 nitrogen and oxygen atoms in total. The molecule has 0 amide bonds. The molecule has 0 saturated heterocycles. The van der Waals surface area contributed by atoms with E-state index in [4.69, 9.17) is 25.8 Å². The van der Waals surface area contributed by atoms with Crippen molar-refractivity contribution in [2.75, 3.05) is 14.2 Å². The van der Waals surface area contributed by atoms with Crippen LogP contribution in [-0.4, -0.2) is 31.5 Å². The Hall–Kier alpha value is -3.77. The summed E-state index contributed by atoms with van der Waals surface area (Å²) in [7, 11) is 3.04. The summed E-state index contributed by atoms with van der Waals surface area (Å²) in [6.45, 7) is 0. The van der Waals surface area contributed by atoms with E-state index in [9.17, 15) is 9.90 Å². The summed E-state index contributed by atoms with van der Waals surface area (Å²) in [4.78, 5) is 16.6. The first-order valence-electron chi connectivity index (χ1n) is 9.23. The van der Waals surface area contributed by atoms with E-state index in [0.717, 1.165) is 11.3 Å². The Kier molecular flexibility index (Phi) is 7.30. The third-order valence-electron chi connectivity index (χ3n) is 4.19. The molecular weight excluding hydrogens is 418 g/mol. The van der Waals surface area contributed by atoms with E-state index in [1.54, 1.807) is 67.9 Å². The lowest BCUT2D eigenvalue weighted by Gasteiger charge is -2.11. The van der Waals surface area contributed by atoms with E-state index >= 15 is 0 Å². The predicted octanol–water partition coefficient (Wildman–Crippen LogP) is 5.43. The molecule has 0 aliphatic rings. The average molecular weight is 438 g/mol. The molecule has 0 radical (unpaired) electrons. The minimum absolute atomic E-state index is 0.121. The number of aliphatic imine (C=N–C) groups is 1. The van der Waals surface area contributed by atoms with E-state index in [1.165, 1.54) is 13.2 Å². The quantitative estimate of drug-likeness (QED) is 0.231. The minimum atomic E-state index is -0.596. The number of esters is 1. The zero-order valence-corrected chi connectivity index (χ0v) is 17.7. The molecule has 31 heavy (non-hydrogen) atoms. The first-order valence-corrected chi connectivity index (χ1v) is 9.61. The van der Waals surface area contributed by atoms with Gasteiger partial charge in [-0.15, -0.1) is 0 Å². The fourth-order valence-electron chi connectivity index (χ4n) is 2.62. The van der Waals surface area contributed by atoms with Gasteiger partial charge in [0.15, 0.2) is 11.5 Å². The molecule has 0 atom stereocenters. The Balaban J connectivity index is 1.73. The van der Waals surface area contributed by atoms with Crippen molar-refractivity contribution in [2.24, 2.45) is 4.99 Å². The van der Waals surface area contributed by atoms with Crippen LogP contribution in [0.2, 0.25) is 5.02 Å². The maximum atomic E-state index is 12.3. The summed E-state index contributed by atoms with van der Waals surface area (Å²) in [5.74, 6) is 0.712. The number of phenols is 1. The molecule has 0 aromatic heterocycles. The van der Waals surface area contributed by atoms with Crippen LogP contribution < -0.4 is 14.2 Å². The number of aromatic hydroxyl groups is 1. The molecule has 0 unspecified atom stereocenters. The van der Waals surface area contributed by atoms with Gasteiger partial charge in [-0.05, 0) is 65.7 Å². The van der Waals surface area contributed by atoms with Gasteiger partial charge >= 0.3 is 5.97 Å². The number of benzene rings is 3. The molecule has 7 heteroatoms. The number of nitrogens with zero attached hydrogens (tertiary/aromatic N) is 1. The second-order valence-electron chi connectivity index (χ2n) is 6.34. The normalized spacial score (nSPS) is 11.1. The molecule has 0 bridgehead atoms. The standard InChI is InChI=1S/C24H20ClNO5/c1-29-20-10-3-16(4-11-20)5-12-23(28)31-24-21(25)13-17(14-22(24)30-2)15-26-18-6-8-19(27)9-7-18/h3-15,27H,1-2H3/b12-5+,26-15+. The van der Waals surface area contributed by atoms with Crippen LogP contribution in [0, 0.1) is 0 Å². The zero-order valence-electron chi connectivity index (χ0n) is 16.9. The highest BCUT2D eigenvalue weighted by Gasteiger charge is 2.14. The summed E-state index contributed by atoms with van der Waals surface area (Å²) < 4.78 is 15.8. The summed E-state index contributed by atoms with van der Waals surface area (Å²) in [5, 5.41) is 9.54. The highest BCUT2D eigenvalue weighted by Crippen LogP contribution is 2.36. The maximum Gasteiger partial charge on any atom is 0.336 e. The number of halogens is 1. The lowest BCUT2D eigenvalue weighted by atomic mass is 10.2. The van der Waals surface area contributed by atoms with E-state index in [-0.39, 0.29) is 16.5 Å². The first kappa shape index (κ1) is 21.9. The molecule has 0 saturated carbocycles. The molecule has 0 spiro atoms. The SMILES string of the molecule is COc1ccc(/C=C/C(=O)Oc2c(Cl)cc(/C=N/c3ccc(O)cc3)cc2OC)cc1. The lowest BCUT2D eigenvalue weighted by molar-refractivity contribution is -0.129. The number of ether oxygens (including phenoxy) is 3. The molecule has 0 aliphatic carbocycles. The largest absolute Gasteiger partial charge is 0.508 e. The maximum absolute atomic E-state index is 12.3. The Morgan fingerprint density at radius 2 is 1.68 bits per heavy atom. The van der Waals surface area contributed by atoms with Gasteiger partial charge in [0.05, 0.1) is 24.9 Å². The number of phenolic OH excluding ortho intramolecular Hbond substituents is 1. The van der Waals surface area contributed by atoms with E-state index in [1.807, 2.05) is 12.1 Å². The summed E-state index contributed by atoms with van der Waals surface area (Å²) in [5.41, 5.74) is 2.13. The molecule has 158 valence electrons. The van der Waals surface area contributed by atoms with Gasteiger partial charge in [-0.2, -0.15) is 0 Å². The van der Waals surface area contributed by atoms with Gasteiger partial charge in [-0.1, -0.05) is 23.7 Å². The van der Waals surface area contributed by atoms with E-state index in [0.29, 0.717) is 17.0 Å². The highest BCUT2D eigenvalue weighted by atomic mass is 35.5. The van der Waals surface area contributed by atoms with Gasteiger partial charge in [0.25, 0.3) is 0 Å². The second kappa shape index (κ2) is 10.3. The molecule has 0 heterocycles. The summed E-state index contributed by atoms with van der Waals surface area (Å²) in [6.07, 6.45) is 4.52. The summed E-state index contributed by atoms with van der Waals surface area (Å²) in [6, 6.07) is 16.9. The molecule has 0 fully saturated rings. The van der Waals surface area contributed by atoms with Crippen molar-refractivity contribution in [1.82, 2.24) is 0 Å². The number of hydrogen-bond donors (Lipinski definition) is 1. The van der Waals surface area contributed by atoms with Crippen molar-refractivity contribution in [2.45, 2.75) is 0 Å². The van der Waals surface area contributed by atoms with Crippen LogP contribution in [0.1, 0.15) is 11.1 Å². The van der Waals surface area contributed by atoms with Crippen LogP contribution in [0.25, 0.3) is 6.08 Å². The van der Waals surface area contributed by atoms with Gasteiger partial charge in [-0.3, -0.25) is 4.99 Å². The fourth-order valence-corrected chi connectivity index (χ4v) is 2.87. The zero-order chi connectivity index (χ0) is 22.2. The van der Waals surface area contributed by atoms with Gasteiger partial charge in [0.2, 0.25) is 0 Å². The van der Waals surface area contributed by atoms with E-state index in [2.05, 4.69) is 4.99 Å². The van der Waals surface area contributed by atoms with Crippen LogP contribution in [0.3, 0.4) is 0 Å². The number of carbonyl (C=O) groups is 1. The minimum Gasteiger partial charge on any atom is -0.508 e. The Labute approximate surface area is 185 Å². The van der Waals surface area contributed by atoms with Crippen LogP contribution in [0.4, 0.5) is 5.69 Å². The summed E-state index contributed by atoms with van der Waals surface area (Å²) >= 11 is 6.32. The van der Waals surface area contributed by atoms with Crippen molar-refractivity contribution in [1.29, 1.82) is 0 Å². The van der Waals surface area contributed by atoms with Gasteiger partial charge in [0.1, 0.15) is 11.5 Å². The van der Waals surface area contributed by atoms with Crippen molar-refractivity contribution in [3.05, 3.63) is 82.9 Å². The Morgan fingerprint density at radius 3 is 2.32 bits per heavy atom. The monoisotopic (exact) mass is 437 g/mol. The third-order valence-corrected chi connectivity index (χ3v) is 4.48. The van der Waals surface area contributed by atoms with Gasteiger partial charge < -0.3 is 19.3 Å². The van der Waals surface area contributed by atoms with Gasteiger partial charge in [0, 0.05) is 12.3 Å². The highest BCUT2D eigenvalue weighted by molar-refractivity contribution is 6.32. The van der Waals surface area contributed by atoms with Crippen LogP contribution in [0.15, 0.2) is 71.7 Å². The Bertz CT molecular complexity index is 1110. The smallest absolute Gasteiger partial charge is 0.336 e. The number of carbonyl (C=O) groups excluding carboxylic acids is 1. The van der Waals surface area contributed by atoms with Crippen molar-refractivity contribution in [3.8, 4) is 23.0 Å². The van der Waals surface area contributed by atoms with E-state index < -0.39 is 5.97 Å². The van der Waals surface area contributed by atoms with Gasteiger partial charge in [-0.25, -0.2) is 4.79 Å². The average Bonchev–Trinajstić information content (AvgIpc) is 2.79. The molecule has 1 N–H and O–H groups in total. The topological polar surface area (TPSA) is 77.4 Å². The molecule has 3 aromatic rings. The number of methoxy groups -OCH3 is 2. The lowest BCUT2D eigenvalue weighted by Crippen LogP contribution is -2.06. The predicted molar refractivity (Wildman–Crippen MR) is 121 cm³/mol. The first-order chi connectivity index (χ1) is 15.0. The molecule has 3 aromatic carbocycles. The van der Waals surface area contributed by atoms with Crippen molar-refractivity contribution in [3.63, 3.8) is 0 Å². The molecule has 3 rings (SSSR count). The third kappa shape index (κ3) is 6.10.